The van der Waals surface area contributed by atoms with Crippen molar-refractivity contribution in [3.63, 3.8) is 0 Å². The standard InChI is InChI=1S/C37H26N2S/c1-3-9-27(10-4-1)29-15-21-32(22-16-29)39(33-23-17-30(18-24-33)28-11-5-2-6-12-28)34-25-19-31(20-26-34)37-38-35-13-7-8-14-36(35)40-37/h1-26H. The van der Waals surface area contributed by atoms with Gasteiger partial charge in [-0.1, -0.05) is 97.1 Å². The van der Waals surface area contributed by atoms with Crippen LogP contribution in [0.1, 0.15) is 0 Å². The molecule has 7 rings (SSSR count). The molecule has 1 heterocycles. The highest BCUT2D eigenvalue weighted by Gasteiger charge is 2.14. The van der Waals surface area contributed by atoms with Crippen molar-refractivity contribution in [1.82, 2.24) is 4.98 Å². The highest BCUT2D eigenvalue weighted by Crippen LogP contribution is 2.38. The molecular formula is C37H26N2S. The fourth-order valence-corrected chi connectivity index (χ4v) is 6.03. The lowest BCUT2D eigenvalue weighted by Crippen LogP contribution is -2.09. The predicted molar refractivity (Wildman–Crippen MR) is 171 cm³/mol. The van der Waals surface area contributed by atoms with Crippen LogP contribution < -0.4 is 4.90 Å². The first-order valence-corrected chi connectivity index (χ1v) is 14.2. The Morgan fingerprint density at radius 2 is 0.775 bits per heavy atom. The first-order chi connectivity index (χ1) is 19.8. The van der Waals surface area contributed by atoms with E-state index < -0.39 is 0 Å². The highest BCUT2D eigenvalue weighted by atomic mass is 32.1. The van der Waals surface area contributed by atoms with Crippen molar-refractivity contribution in [2.24, 2.45) is 0 Å². The quantitative estimate of drug-likeness (QED) is 0.213. The van der Waals surface area contributed by atoms with Crippen molar-refractivity contribution in [2.75, 3.05) is 4.90 Å². The van der Waals surface area contributed by atoms with E-state index in [-0.39, 0.29) is 0 Å². The Kier molecular flexibility index (Phi) is 6.41. The number of aromatic nitrogens is 1. The van der Waals surface area contributed by atoms with Crippen LogP contribution in [0.25, 0.3) is 43.0 Å². The van der Waals surface area contributed by atoms with Gasteiger partial charge in [-0.25, -0.2) is 4.98 Å². The van der Waals surface area contributed by atoms with Crippen molar-refractivity contribution in [3.8, 4) is 32.8 Å². The number of nitrogens with zero attached hydrogens (tertiary/aromatic N) is 2. The van der Waals surface area contributed by atoms with Gasteiger partial charge in [0.05, 0.1) is 10.2 Å². The minimum Gasteiger partial charge on any atom is -0.311 e. The topological polar surface area (TPSA) is 16.1 Å². The summed E-state index contributed by atoms with van der Waals surface area (Å²) in [7, 11) is 0. The number of anilines is 3. The zero-order valence-corrected chi connectivity index (χ0v) is 22.6. The summed E-state index contributed by atoms with van der Waals surface area (Å²) in [6.07, 6.45) is 0. The van der Waals surface area contributed by atoms with E-state index in [1.807, 2.05) is 6.07 Å². The van der Waals surface area contributed by atoms with Gasteiger partial charge in [-0.3, -0.25) is 0 Å². The number of rotatable bonds is 6. The van der Waals surface area contributed by atoms with Crippen LogP contribution in [-0.2, 0) is 0 Å². The molecule has 0 unspecified atom stereocenters. The summed E-state index contributed by atoms with van der Waals surface area (Å²) in [5.74, 6) is 0. The molecule has 40 heavy (non-hydrogen) atoms. The summed E-state index contributed by atoms with van der Waals surface area (Å²) < 4.78 is 1.21. The zero-order chi connectivity index (χ0) is 26.7. The van der Waals surface area contributed by atoms with Crippen molar-refractivity contribution in [3.05, 3.63) is 158 Å². The molecule has 0 amide bonds. The summed E-state index contributed by atoms with van der Waals surface area (Å²) in [6, 6.07) is 55.7. The van der Waals surface area contributed by atoms with Crippen LogP contribution in [-0.4, -0.2) is 4.98 Å². The van der Waals surface area contributed by atoms with E-state index in [4.69, 9.17) is 4.98 Å². The Labute approximate surface area is 238 Å². The zero-order valence-electron chi connectivity index (χ0n) is 21.8. The molecule has 190 valence electrons. The van der Waals surface area contributed by atoms with E-state index in [1.54, 1.807) is 11.3 Å². The molecule has 0 aliphatic heterocycles. The fourth-order valence-electron chi connectivity index (χ4n) is 5.06. The van der Waals surface area contributed by atoms with E-state index in [2.05, 4.69) is 157 Å². The predicted octanol–water partition coefficient (Wildman–Crippen LogP) is 10.8. The molecule has 0 bridgehead atoms. The second-order valence-electron chi connectivity index (χ2n) is 9.69. The molecule has 0 spiro atoms. The van der Waals surface area contributed by atoms with Gasteiger partial charge in [-0.2, -0.15) is 0 Å². The molecule has 0 aliphatic rings. The fraction of sp³-hybridized carbons (Fsp3) is 0. The van der Waals surface area contributed by atoms with E-state index in [0.29, 0.717) is 0 Å². The number of hydrogen-bond donors (Lipinski definition) is 0. The summed E-state index contributed by atoms with van der Waals surface area (Å²) in [4.78, 5) is 7.17. The summed E-state index contributed by atoms with van der Waals surface area (Å²) in [5.41, 5.74) is 10.3. The molecule has 0 N–H and O–H groups in total. The third-order valence-corrected chi connectivity index (χ3v) is 8.22. The molecule has 3 heteroatoms. The Bertz CT molecular complexity index is 1740. The SMILES string of the molecule is c1ccc(-c2ccc(N(c3ccc(-c4ccccc4)cc3)c3ccc(-c4nc5ccccc5s4)cc3)cc2)cc1. The first kappa shape index (κ1) is 24.1. The van der Waals surface area contributed by atoms with Gasteiger partial charge >= 0.3 is 0 Å². The Balaban J connectivity index is 1.26. The van der Waals surface area contributed by atoms with Crippen LogP contribution in [0, 0.1) is 0 Å². The lowest BCUT2D eigenvalue weighted by molar-refractivity contribution is 1.28. The van der Waals surface area contributed by atoms with Crippen LogP contribution in [0.3, 0.4) is 0 Å². The summed E-state index contributed by atoms with van der Waals surface area (Å²) in [5, 5.41) is 1.04. The second kappa shape index (κ2) is 10.6. The van der Waals surface area contributed by atoms with Crippen molar-refractivity contribution >= 4 is 38.6 Å². The molecule has 1 aromatic heterocycles. The van der Waals surface area contributed by atoms with E-state index in [0.717, 1.165) is 33.1 Å². The molecule has 0 atom stereocenters. The van der Waals surface area contributed by atoms with Crippen LogP contribution in [0.15, 0.2) is 158 Å². The summed E-state index contributed by atoms with van der Waals surface area (Å²) in [6.45, 7) is 0. The maximum Gasteiger partial charge on any atom is 0.124 e. The number of thiazole rings is 1. The molecular weight excluding hydrogens is 504 g/mol. The maximum absolute atomic E-state index is 4.86. The third kappa shape index (κ3) is 4.79. The number of benzene rings is 6. The molecule has 6 aromatic carbocycles. The maximum atomic E-state index is 4.86. The van der Waals surface area contributed by atoms with Gasteiger partial charge in [0.1, 0.15) is 5.01 Å². The minimum atomic E-state index is 1.04. The highest BCUT2D eigenvalue weighted by molar-refractivity contribution is 7.21. The van der Waals surface area contributed by atoms with Crippen LogP contribution in [0.2, 0.25) is 0 Å². The molecule has 0 fully saturated rings. The summed E-state index contributed by atoms with van der Waals surface area (Å²) >= 11 is 1.73. The Hall–Kier alpha value is -4.99. The van der Waals surface area contributed by atoms with Gasteiger partial charge in [0.2, 0.25) is 0 Å². The average Bonchev–Trinajstić information content (AvgIpc) is 3.48. The number of para-hydroxylation sites is 1. The largest absolute Gasteiger partial charge is 0.311 e. The van der Waals surface area contributed by atoms with Crippen LogP contribution in [0.4, 0.5) is 17.1 Å². The number of hydrogen-bond acceptors (Lipinski definition) is 3. The van der Waals surface area contributed by atoms with Crippen molar-refractivity contribution in [2.45, 2.75) is 0 Å². The van der Waals surface area contributed by atoms with Crippen LogP contribution in [0.5, 0.6) is 0 Å². The van der Waals surface area contributed by atoms with E-state index >= 15 is 0 Å². The van der Waals surface area contributed by atoms with Gasteiger partial charge in [0.25, 0.3) is 0 Å². The van der Waals surface area contributed by atoms with Gasteiger partial charge in [0, 0.05) is 22.6 Å². The molecule has 0 saturated carbocycles. The van der Waals surface area contributed by atoms with Crippen molar-refractivity contribution < 1.29 is 0 Å². The molecule has 0 saturated heterocycles. The monoisotopic (exact) mass is 530 g/mol. The third-order valence-electron chi connectivity index (χ3n) is 7.13. The normalized spacial score (nSPS) is 11.0. The van der Waals surface area contributed by atoms with Crippen molar-refractivity contribution in [1.29, 1.82) is 0 Å². The van der Waals surface area contributed by atoms with Gasteiger partial charge in [-0.05, 0) is 82.9 Å². The smallest absolute Gasteiger partial charge is 0.124 e. The lowest BCUT2D eigenvalue weighted by Gasteiger charge is -2.26. The lowest BCUT2D eigenvalue weighted by atomic mass is 10.0. The molecule has 7 aromatic rings. The average molecular weight is 531 g/mol. The van der Waals surface area contributed by atoms with E-state index in [1.165, 1.54) is 27.0 Å². The van der Waals surface area contributed by atoms with Gasteiger partial charge in [0.15, 0.2) is 0 Å². The molecule has 0 aliphatic carbocycles. The first-order valence-electron chi connectivity index (χ1n) is 13.4. The Morgan fingerprint density at radius 1 is 0.375 bits per heavy atom. The van der Waals surface area contributed by atoms with E-state index in [9.17, 15) is 0 Å². The van der Waals surface area contributed by atoms with Gasteiger partial charge < -0.3 is 4.90 Å². The van der Waals surface area contributed by atoms with Crippen LogP contribution >= 0.6 is 11.3 Å². The minimum absolute atomic E-state index is 1.04. The van der Waals surface area contributed by atoms with Gasteiger partial charge in [-0.15, -0.1) is 11.3 Å². The second-order valence-corrected chi connectivity index (χ2v) is 10.7. The molecule has 0 radical (unpaired) electrons. The molecule has 2 nitrogen and oxygen atoms in total. The number of fused-ring (bicyclic) bond motifs is 1. The Morgan fingerprint density at radius 3 is 1.25 bits per heavy atom.